The molecule has 0 radical (unpaired) electrons. The minimum atomic E-state index is -0.828. The average Bonchev–Trinajstić information content (AvgIpc) is 2.50. The number of methoxy groups -OCH3 is 2. The van der Waals surface area contributed by atoms with Gasteiger partial charge in [0.15, 0.2) is 0 Å². The van der Waals surface area contributed by atoms with Crippen molar-refractivity contribution in [2.45, 2.75) is 26.3 Å². The van der Waals surface area contributed by atoms with E-state index in [1.54, 1.807) is 14.2 Å². The predicted molar refractivity (Wildman–Crippen MR) is 84.1 cm³/mol. The molecule has 0 fully saturated rings. The van der Waals surface area contributed by atoms with E-state index < -0.39 is 10.8 Å². The van der Waals surface area contributed by atoms with E-state index in [0.717, 1.165) is 30.0 Å². The molecule has 0 aliphatic rings. The third-order valence-electron chi connectivity index (χ3n) is 3.13. The Morgan fingerprint density at radius 3 is 2.55 bits per heavy atom. The first kappa shape index (κ1) is 17.0. The molecule has 0 saturated carbocycles. The zero-order valence-electron chi connectivity index (χ0n) is 12.8. The van der Waals surface area contributed by atoms with Crippen molar-refractivity contribution >= 4 is 10.8 Å². The Labute approximate surface area is 124 Å². The molecule has 0 heterocycles. The Hall–Kier alpha value is -1.07. The summed E-state index contributed by atoms with van der Waals surface area (Å²) in [6.45, 7) is 4.95. The van der Waals surface area contributed by atoms with Crippen LogP contribution in [0.2, 0.25) is 0 Å². The van der Waals surface area contributed by atoms with Gasteiger partial charge in [-0.1, -0.05) is 19.9 Å². The molecule has 1 aromatic carbocycles. The maximum Gasteiger partial charge on any atom is 0.127 e. The lowest BCUT2D eigenvalue weighted by Crippen LogP contribution is -2.27. The van der Waals surface area contributed by atoms with Crippen LogP contribution < -0.4 is 14.8 Å². The maximum absolute atomic E-state index is 11.9. The third-order valence-corrected chi connectivity index (χ3v) is 4.48. The van der Waals surface area contributed by atoms with Gasteiger partial charge in [0, 0.05) is 40.0 Å². The van der Waals surface area contributed by atoms with Crippen LogP contribution in [0.15, 0.2) is 18.2 Å². The summed E-state index contributed by atoms with van der Waals surface area (Å²) in [5.74, 6) is 2.80. The molecular weight excluding hydrogens is 274 g/mol. The molecule has 4 nitrogen and oxygen atoms in total. The maximum atomic E-state index is 11.9. The summed E-state index contributed by atoms with van der Waals surface area (Å²) < 4.78 is 22.5. The molecule has 0 spiro atoms. The second-order valence-corrected chi connectivity index (χ2v) is 6.30. The molecule has 0 bridgehead atoms. The minimum absolute atomic E-state index is 0.0385. The fourth-order valence-electron chi connectivity index (χ4n) is 1.99. The van der Waals surface area contributed by atoms with Gasteiger partial charge < -0.3 is 14.8 Å². The van der Waals surface area contributed by atoms with Gasteiger partial charge in [-0.2, -0.15) is 0 Å². The van der Waals surface area contributed by atoms with Gasteiger partial charge in [0.2, 0.25) is 0 Å². The van der Waals surface area contributed by atoms with Crippen molar-refractivity contribution in [3.05, 3.63) is 23.8 Å². The molecule has 20 heavy (non-hydrogen) atoms. The molecule has 0 aromatic heterocycles. The Kier molecular flexibility index (Phi) is 7.62. The summed E-state index contributed by atoms with van der Waals surface area (Å²) in [6.07, 6.45) is 1.04. The molecule has 0 saturated heterocycles. The number of nitrogens with one attached hydrogen (secondary N) is 1. The lowest BCUT2D eigenvalue weighted by atomic mass is 10.1. The van der Waals surface area contributed by atoms with E-state index in [1.807, 2.05) is 25.1 Å². The van der Waals surface area contributed by atoms with Crippen molar-refractivity contribution in [2.24, 2.45) is 0 Å². The van der Waals surface area contributed by atoms with E-state index in [0.29, 0.717) is 11.5 Å². The predicted octanol–water partition coefficient (Wildman–Crippen LogP) is 2.51. The van der Waals surface area contributed by atoms with Gasteiger partial charge in [-0.25, -0.2) is 0 Å². The first-order chi connectivity index (χ1) is 9.65. The zero-order valence-corrected chi connectivity index (χ0v) is 13.6. The molecule has 1 N–H and O–H groups in total. The number of hydrogen-bond donors (Lipinski definition) is 1. The highest BCUT2D eigenvalue weighted by atomic mass is 32.2. The van der Waals surface area contributed by atoms with Crippen LogP contribution in [0.1, 0.15) is 31.9 Å². The number of hydrogen-bond acceptors (Lipinski definition) is 4. The van der Waals surface area contributed by atoms with Gasteiger partial charge in [-0.3, -0.25) is 4.21 Å². The summed E-state index contributed by atoms with van der Waals surface area (Å²) in [6, 6.07) is 5.80. The Morgan fingerprint density at radius 2 is 2.00 bits per heavy atom. The Bertz CT molecular complexity index is 437. The summed E-state index contributed by atoms with van der Waals surface area (Å²) in [7, 11) is 2.45. The standard InChI is InChI=1S/C15H25NO3S/c1-5-9-16-14(11-20(17)6-2)13-8-7-12(18-3)10-15(13)19-4/h7-8,10,14,16H,5-6,9,11H2,1-4H3. The third kappa shape index (κ3) is 4.80. The highest BCUT2D eigenvalue weighted by Crippen LogP contribution is 2.30. The van der Waals surface area contributed by atoms with Gasteiger partial charge in [0.25, 0.3) is 0 Å². The fourth-order valence-corrected chi connectivity index (χ4v) is 2.89. The SMILES string of the molecule is CCCNC(CS(=O)CC)c1ccc(OC)cc1OC. The Balaban J connectivity index is 3.01. The van der Waals surface area contributed by atoms with Crippen LogP contribution >= 0.6 is 0 Å². The van der Waals surface area contributed by atoms with E-state index >= 15 is 0 Å². The molecule has 2 unspecified atom stereocenters. The lowest BCUT2D eigenvalue weighted by Gasteiger charge is -2.21. The molecule has 5 heteroatoms. The molecular formula is C15H25NO3S. The van der Waals surface area contributed by atoms with Crippen molar-refractivity contribution in [3.8, 4) is 11.5 Å². The monoisotopic (exact) mass is 299 g/mol. The normalized spacial score (nSPS) is 13.8. The van der Waals surface area contributed by atoms with Gasteiger partial charge in [-0.05, 0) is 19.0 Å². The highest BCUT2D eigenvalue weighted by Gasteiger charge is 2.18. The quantitative estimate of drug-likeness (QED) is 0.761. The summed E-state index contributed by atoms with van der Waals surface area (Å²) in [5, 5.41) is 3.45. The van der Waals surface area contributed by atoms with E-state index in [-0.39, 0.29) is 6.04 Å². The summed E-state index contributed by atoms with van der Waals surface area (Å²) >= 11 is 0. The van der Waals surface area contributed by atoms with E-state index in [1.165, 1.54) is 0 Å². The van der Waals surface area contributed by atoms with E-state index in [9.17, 15) is 4.21 Å². The van der Waals surface area contributed by atoms with Crippen molar-refractivity contribution in [3.63, 3.8) is 0 Å². The van der Waals surface area contributed by atoms with Crippen molar-refractivity contribution in [1.29, 1.82) is 0 Å². The number of ether oxygens (including phenoxy) is 2. The molecule has 1 rings (SSSR count). The minimum Gasteiger partial charge on any atom is -0.497 e. The smallest absolute Gasteiger partial charge is 0.127 e. The van der Waals surface area contributed by atoms with Crippen LogP contribution in [-0.2, 0) is 10.8 Å². The van der Waals surface area contributed by atoms with E-state index in [2.05, 4.69) is 12.2 Å². The largest absolute Gasteiger partial charge is 0.497 e. The lowest BCUT2D eigenvalue weighted by molar-refractivity contribution is 0.386. The van der Waals surface area contributed by atoms with Crippen LogP contribution in [0, 0.1) is 0 Å². The first-order valence-electron chi connectivity index (χ1n) is 6.96. The first-order valence-corrected chi connectivity index (χ1v) is 8.45. The van der Waals surface area contributed by atoms with Gasteiger partial charge >= 0.3 is 0 Å². The topological polar surface area (TPSA) is 47.6 Å². The fraction of sp³-hybridized carbons (Fsp3) is 0.600. The van der Waals surface area contributed by atoms with Crippen molar-refractivity contribution < 1.29 is 13.7 Å². The molecule has 1 aromatic rings. The van der Waals surface area contributed by atoms with Crippen LogP contribution in [0.5, 0.6) is 11.5 Å². The van der Waals surface area contributed by atoms with Crippen LogP contribution in [0.4, 0.5) is 0 Å². The van der Waals surface area contributed by atoms with Gasteiger partial charge in [0.05, 0.1) is 14.2 Å². The number of rotatable bonds is 9. The Morgan fingerprint density at radius 1 is 1.25 bits per heavy atom. The number of benzene rings is 1. The molecule has 2 atom stereocenters. The molecule has 0 amide bonds. The average molecular weight is 299 g/mol. The van der Waals surface area contributed by atoms with Crippen molar-refractivity contribution in [1.82, 2.24) is 5.32 Å². The van der Waals surface area contributed by atoms with Crippen LogP contribution in [-0.4, -0.2) is 36.5 Å². The zero-order chi connectivity index (χ0) is 15.0. The van der Waals surface area contributed by atoms with Gasteiger partial charge in [-0.15, -0.1) is 0 Å². The van der Waals surface area contributed by atoms with Crippen LogP contribution in [0.25, 0.3) is 0 Å². The molecule has 0 aliphatic carbocycles. The van der Waals surface area contributed by atoms with Gasteiger partial charge in [0.1, 0.15) is 11.5 Å². The highest BCUT2D eigenvalue weighted by molar-refractivity contribution is 7.84. The second-order valence-electron chi connectivity index (χ2n) is 4.51. The van der Waals surface area contributed by atoms with Crippen LogP contribution in [0.3, 0.4) is 0 Å². The second kappa shape index (κ2) is 8.97. The summed E-state index contributed by atoms with van der Waals surface area (Å²) in [5.41, 5.74) is 1.03. The molecule has 0 aliphatic heterocycles. The summed E-state index contributed by atoms with van der Waals surface area (Å²) in [4.78, 5) is 0. The molecule has 114 valence electrons. The van der Waals surface area contributed by atoms with Crippen molar-refractivity contribution in [2.75, 3.05) is 32.3 Å². The van der Waals surface area contributed by atoms with E-state index in [4.69, 9.17) is 9.47 Å².